The Balaban J connectivity index is 6.20. The molecule has 0 fully saturated rings. The molecule has 0 heterocycles. The summed E-state index contributed by atoms with van der Waals surface area (Å²) in [5, 5.41) is 0. The van der Waals surface area contributed by atoms with Crippen LogP contribution in [-0.2, 0) is 0 Å². The highest BCUT2D eigenvalue weighted by Gasteiger charge is 2.85. The zero-order valence-corrected chi connectivity index (χ0v) is 13.4. The first kappa shape index (κ1) is 22.7. The van der Waals surface area contributed by atoms with Crippen LogP contribution >= 0.6 is 22.6 Å². The van der Waals surface area contributed by atoms with Crippen molar-refractivity contribution in [3.63, 3.8) is 0 Å². The van der Waals surface area contributed by atoms with Crippen molar-refractivity contribution >= 4 is 22.6 Å². The van der Waals surface area contributed by atoms with Gasteiger partial charge < -0.3 is 0 Å². The van der Waals surface area contributed by atoms with E-state index in [0.717, 1.165) is 22.6 Å². The second-order valence-corrected chi connectivity index (χ2v) is 5.94. The Morgan fingerprint density at radius 2 is 1.22 bits per heavy atom. The van der Waals surface area contributed by atoms with Crippen molar-refractivity contribution < 1.29 is 48.3 Å². The molecule has 0 aromatic heterocycles. The summed E-state index contributed by atoms with van der Waals surface area (Å²) in [5.41, 5.74) is -6.18. The van der Waals surface area contributed by atoms with Crippen LogP contribution in [0.15, 0.2) is 9.66 Å². The van der Waals surface area contributed by atoms with E-state index >= 15 is 0 Å². The van der Waals surface area contributed by atoms with Gasteiger partial charge in [-0.3, -0.25) is 0 Å². The highest BCUT2D eigenvalue weighted by atomic mass is 127. The molecule has 0 amide bonds. The van der Waals surface area contributed by atoms with Crippen molar-refractivity contribution in [2.75, 3.05) is 0 Å². The van der Waals surface area contributed by atoms with Gasteiger partial charge in [0.05, 0.1) is 0 Å². The Hall–Kier alpha value is -0.300. The maximum absolute atomic E-state index is 13.8. The summed E-state index contributed by atoms with van der Waals surface area (Å²) < 4.78 is 139. The van der Waals surface area contributed by atoms with E-state index in [-0.39, 0.29) is 12.8 Å². The molecule has 1 unspecified atom stereocenters. The average molecular weight is 478 g/mol. The third kappa shape index (κ3) is 4.21. The fourth-order valence-electron chi connectivity index (χ4n) is 1.39. The third-order valence-electron chi connectivity index (χ3n) is 2.74. The molecular weight excluding hydrogens is 468 g/mol. The van der Waals surface area contributed by atoms with Crippen LogP contribution in [0.4, 0.5) is 48.3 Å². The maximum Gasteiger partial charge on any atom is 0.460 e. The van der Waals surface area contributed by atoms with Gasteiger partial charge in [-0.1, -0.05) is 13.3 Å². The Morgan fingerprint density at radius 3 is 1.52 bits per heavy atom. The van der Waals surface area contributed by atoms with Crippen molar-refractivity contribution in [1.82, 2.24) is 0 Å². The number of unbranched alkanes of at least 4 members (excludes halogenated alkanes) is 1. The number of hydrogen-bond acceptors (Lipinski definition) is 0. The van der Waals surface area contributed by atoms with E-state index in [1.165, 1.54) is 0 Å². The molecule has 0 aliphatic rings. The van der Waals surface area contributed by atoms with E-state index in [1.54, 1.807) is 6.92 Å². The summed E-state index contributed by atoms with van der Waals surface area (Å²) in [5.74, 6) is -14.3. The van der Waals surface area contributed by atoms with Crippen LogP contribution < -0.4 is 0 Å². The fourth-order valence-corrected chi connectivity index (χ4v) is 2.20. The van der Waals surface area contributed by atoms with Crippen molar-refractivity contribution in [3.05, 3.63) is 9.66 Å². The van der Waals surface area contributed by atoms with Gasteiger partial charge in [-0.25, -0.2) is 4.39 Å². The zero-order chi connectivity index (χ0) is 18.9. The number of allylic oxidation sites excluding steroid dienone is 2. The van der Waals surface area contributed by atoms with Gasteiger partial charge in [-0.2, -0.15) is 43.9 Å². The predicted octanol–water partition coefficient (Wildman–Crippen LogP) is 6.60. The fraction of sp³-hybridized carbons (Fsp3) is 0.818. The van der Waals surface area contributed by atoms with E-state index < -0.39 is 39.5 Å². The molecule has 0 aromatic rings. The van der Waals surface area contributed by atoms with E-state index in [9.17, 15) is 48.3 Å². The summed E-state index contributed by atoms with van der Waals surface area (Å²) in [6.45, 7) is 1.54. The van der Waals surface area contributed by atoms with Crippen molar-refractivity contribution in [2.24, 2.45) is 0 Å². The standard InChI is InChI=1S/C11H10F11I/c1-2-3-4-6(23)5-7(12,10(17,18)19)8(13,14)9(15,16)11(20,21)22/h5H,2-4H2,1H3. The van der Waals surface area contributed by atoms with Gasteiger partial charge in [0.25, 0.3) is 5.67 Å². The van der Waals surface area contributed by atoms with Gasteiger partial charge in [-0.15, -0.1) is 0 Å². The first-order valence-electron chi connectivity index (χ1n) is 5.91. The molecule has 138 valence electrons. The molecule has 12 heteroatoms. The SMILES string of the molecule is CCCCC(I)=CC(F)(C(F)(F)F)C(F)(F)C(F)(F)C(F)(F)F. The Kier molecular flexibility index (Phi) is 6.81. The van der Waals surface area contributed by atoms with Crippen LogP contribution in [0.3, 0.4) is 0 Å². The molecule has 0 nitrogen and oxygen atoms in total. The quantitative estimate of drug-likeness (QED) is 0.298. The lowest BCUT2D eigenvalue weighted by atomic mass is 9.90. The lowest BCUT2D eigenvalue weighted by Gasteiger charge is -2.37. The molecule has 0 bridgehead atoms. The third-order valence-corrected chi connectivity index (χ3v) is 3.60. The molecule has 0 aromatic carbocycles. The van der Waals surface area contributed by atoms with E-state index in [2.05, 4.69) is 0 Å². The Morgan fingerprint density at radius 1 is 0.783 bits per heavy atom. The topological polar surface area (TPSA) is 0 Å². The minimum Gasteiger partial charge on any atom is -0.222 e. The second-order valence-electron chi connectivity index (χ2n) is 4.55. The molecule has 0 rings (SSSR count). The normalized spacial score (nSPS) is 18.0. The van der Waals surface area contributed by atoms with Gasteiger partial charge in [0.2, 0.25) is 0 Å². The molecule has 23 heavy (non-hydrogen) atoms. The molecule has 0 aliphatic heterocycles. The number of hydrogen-bond donors (Lipinski definition) is 0. The van der Waals surface area contributed by atoms with Gasteiger partial charge >= 0.3 is 24.2 Å². The average Bonchev–Trinajstić information content (AvgIpc) is 2.32. The minimum atomic E-state index is -7.22. The van der Waals surface area contributed by atoms with Gasteiger partial charge in [-0.05, 0) is 45.1 Å². The molecule has 0 radical (unpaired) electrons. The summed E-state index contributed by atoms with van der Waals surface area (Å²) in [4.78, 5) is 0. The maximum atomic E-state index is 13.8. The summed E-state index contributed by atoms with van der Waals surface area (Å²) in [6.07, 6.45) is -14.6. The summed E-state index contributed by atoms with van der Waals surface area (Å²) >= 11 is 0.981. The first-order valence-corrected chi connectivity index (χ1v) is 6.98. The number of rotatable bonds is 6. The van der Waals surface area contributed by atoms with Crippen LogP contribution in [0.25, 0.3) is 0 Å². The van der Waals surface area contributed by atoms with E-state index in [1.807, 2.05) is 0 Å². The number of halogens is 12. The molecule has 1 atom stereocenters. The second kappa shape index (κ2) is 6.90. The van der Waals surface area contributed by atoms with Gasteiger partial charge in [0.15, 0.2) is 0 Å². The summed E-state index contributed by atoms with van der Waals surface area (Å²) in [6, 6.07) is 0. The lowest BCUT2D eigenvalue weighted by Crippen LogP contribution is -2.66. The molecule has 0 saturated carbocycles. The van der Waals surface area contributed by atoms with Crippen molar-refractivity contribution in [1.29, 1.82) is 0 Å². The molecule has 0 spiro atoms. The molecule has 0 aliphatic carbocycles. The minimum absolute atomic E-state index is 0.101. The lowest BCUT2D eigenvalue weighted by molar-refractivity contribution is -0.402. The van der Waals surface area contributed by atoms with Crippen molar-refractivity contribution in [2.45, 2.75) is 56.1 Å². The van der Waals surface area contributed by atoms with Crippen LogP contribution in [0, 0.1) is 0 Å². The van der Waals surface area contributed by atoms with Crippen LogP contribution in [0.5, 0.6) is 0 Å². The highest BCUT2D eigenvalue weighted by molar-refractivity contribution is 14.1. The first-order chi connectivity index (χ1) is 9.95. The molecule has 0 saturated heterocycles. The van der Waals surface area contributed by atoms with Crippen molar-refractivity contribution in [3.8, 4) is 0 Å². The van der Waals surface area contributed by atoms with Crippen LogP contribution in [-0.4, -0.2) is 29.9 Å². The van der Waals surface area contributed by atoms with E-state index in [0.29, 0.717) is 6.42 Å². The smallest absolute Gasteiger partial charge is 0.222 e. The predicted molar refractivity (Wildman–Crippen MR) is 67.5 cm³/mol. The zero-order valence-electron chi connectivity index (χ0n) is 11.2. The number of alkyl halides is 11. The monoisotopic (exact) mass is 478 g/mol. The largest absolute Gasteiger partial charge is 0.460 e. The van der Waals surface area contributed by atoms with E-state index in [4.69, 9.17) is 0 Å². The Bertz CT molecular complexity index is 434. The van der Waals surface area contributed by atoms with Gasteiger partial charge in [0.1, 0.15) is 0 Å². The summed E-state index contributed by atoms with van der Waals surface area (Å²) in [7, 11) is 0. The van der Waals surface area contributed by atoms with Crippen LogP contribution in [0.2, 0.25) is 0 Å². The van der Waals surface area contributed by atoms with Gasteiger partial charge in [0, 0.05) is 0 Å². The molecule has 0 N–H and O–H groups in total. The Labute approximate surface area is 137 Å². The molecular formula is C11H10F11I. The highest BCUT2D eigenvalue weighted by Crippen LogP contribution is 2.58. The van der Waals surface area contributed by atoms with Crippen LogP contribution in [0.1, 0.15) is 26.2 Å².